The van der Waals surface area contributed by atoms with Crippen LogP contribution in [0.3, 0.4) is 0 Å². The maximum Gasteiger partial charge on any atom is 0.255 e. The average Bonchev–Trinajstić information content (AvgIpc) is 2.48. The molecule has 0 radical (unpaired) electrons. The van der Waals surface area contributed by atoms with Gasteiger partial charge >= 0.3 is 0 Å². The van der Waals surface area contributed by atoms with Crippen molar-refractivity contribution in [3.63, 3.8) is 0 Å². The molecule has 2 N–H and O–H groups in total. The highest BCUT2D eigenvalue weighted by atomic mass is 35.5. The molecule has 0 spiro atoms. The highest BCUT2D eigenvalue weighted by Crippen LogP contribution is 2.23. The van der Waals surface area contributed by atoms with Gasteiger partial charge in [-0.3, -0.25) is 9.78 Å². The van der Waals surface area contributed by atoms with E-state index in [4.69, 9.17) is 11.6 Å². The molecular weight excluding hydrogens is 286 g/mol. The zero-order valence-electron chi connectivity index (χ0n) is 12.1. The van der Waals surface area contributed by atoms with Crippen molar-refractivity contribution < 1.29 is 4.79 Å². The van der Waals surface area contributed by atoms with E-state index in [1.54, 1.807) is 18.5 Å². The second-order valence-corrected chi connectivity index (χ2v) is 5.08. The molecule has 0 aliphatic carbocycles. The number of carbonyl (C=O) groups is 1. The van der Waals surface area contributed by atoms with Gasteiger partial charge in [0.2, 0.25) is 0 Å². The number of anilines is 1. The first-order valence-electron chi connectivity index (χ1n) is 6.86. The third-order valence-corrected chi connectivity index (χ3v) is 3.50. The van der Waals surface area contributed by atoms with Gasteiger partial charge in [-0.2, -0.15) is 0 Å². The van der Waals surface area contributed by atoms with Gasteiger partial charge in [0.05, 0.1) is 17.3 Å². The Balaban J connectivity index is 2.17. The lowest BCUT2D eigenvalue weighted by molar-refractivity contribution is 0.0940. The van der Waals surface area contributed by atoms with Crippen LogP contribution in [-0.2, 0) is 0 Å². The van der Waals surface area contributed by atoms with Gasteiger partial charge in [0.1, 0.15) is 0 Å². The first kappa shape index (κ1) is 15.3. The van der Waals surface area contributed by atoms with Crippen LogP contribution in [0.2, 0.25) is 5.02 Å². The van der Waals surface area contributed by atoms with Crippen LogP contribution in [0, 0.1) is 0 Å². The third-order valence-electron chi connectivity index (χ3n) is 3.15. The topological polar surface area (TPSA) is 54.0 Å². The van der Waals surface area contributed by atoms with Gasteiger partial charge in [0.25, 0.3) is 5.91 Å². The molecule has 0 fully saturated rings. The Labute approximate surface area is 129 Å². The lowest BCUT2D eigenvalue weighted by Gasteiger charge is -2.17. The lowest BCUT2D eigenvalue weighted by Crippen LogP contribution is -2.27. The van der Waals surface area contributed by atoms with Crippen molar-refractivity contribution in [3.05, 3.63) is 58.9 Å². The molecule has 1 aromatic heterocycles. The van der Waals surface area contributed by atoms with Crippen molar-refractivity contribution in [1.82, 2.24) is 10.3 Å². The number of hydrogen-bond donors (Lipinski definition) is 2. The number of pyridine rings is 1. The van der Waals surface area contributed by atoms with Crippen LogP contribution in [0.25, 0.3) is 0 Å². The zero-order chi connectivity index (χ0) is 15.2. The van der Waals surface area contributed by atoms with E-state index in [0.29, 0.717) is 10.6 Å². The van der Waals surface area contributed by atoms with Crippen molar-refractivity contribution in [1.29, 1.82) is 0 Å². The molecule has 5 heteroatoms. The number of rotatable bonds is 5. The van der Waals surface area contributed by atoms with E-state index in [-0.39, 0.29) is 11.9 Å². The van der Waals surface area contributed by atoms with E-state index in [9.17, 15) is 4.79 Å². The Bertz CT molecular complexity index is 630. The van der Waals surface area contributed by atoms with Gasteiger partial charge in [-0.15, -0.1) is 0 Å². The molecule has 1 heterocycles. The molecule has 1 unspecified atom stereocenters. The fourth-order valence-electron chi connectivity index (χ4n) is 2.10. The minimum absolute atomic E-state index is 0.175. The summed E-state index contributed by atoms with van der Waals surface area (Å²) < 4.78 is 0. The summed E-state index contributed by atoms with van der Waals surface area (Å²) in [4.78, 5) is 16.4. The number of aromatic nitrogens is 1. The summed E-state index contributed by atoms with van der Waals surface area (Å²) in [6.07, 6.45) is 3.22. The molecule has 0 saturated carbocycles. The normalized spacial score (nSPS) is 11.8. The molecule has 4 nitrogen and oxygen atoms in total. The quantitative estimate of drug-likeness (QED) is 0.886. The highest BCUT2D eigenvalue weighted by molar-refractivity contribution is 6.31. The zero-order valence-corrected chi connectivity index (χ0v) is 12.8. The molecule has 0 saturated heterocycles. The molecule has 2 aromatic rings. The molecular formula is C16H18ClN3O. The number of amides is 1. The molecule has 2 rings (SSSR count). The summed E-state index contributed by atoms with van der Waals surface area (Å²) in [5.41, 5.74) is 2.19. The van der Waals surface area contributed by atoms with E-state index in [0.717, 1.165) is 17.8 Å². The lowest BCUT2D eigenvalue weighted by atomic mass is 10.1. The number of nitrogens with zero attached hydrogens (tertiary/aromatic N) is 1. The van der Waals surface area contributed by atoms with E-state index < -0.39 is 0 Å². The van der Waals surface area contributed by atoms with Gasteiger partial charge in [-0.05, 0) is 31.5 Å². The Morgan fingerprint density at radius 3 is 2.81 bits per heavy atom. The first-order valence-corrected chi connectivity index (χ1v) is 7.24. The van der Waals surface area contributed by atoms with Gasteiger partial charge in [-0.25, -0.2) is 0 Å². The number of hydrogen-bond acceptors (Lipinski definition) is 3. The molecule has 110 valence electrons. The summed E-state index contributed by atoms with van der Waals surface area (Å²) in [6.45, 7) is 4.63. The summed E-state index contributed by atoms with van der Waals surface area (Å²) >= 11 is 6.15. The maximum absolute atomic E-state index is 12.4. The molecule has 0 bridgehead atoms. The van der Waals surface area contributed by atoms with Crippen molar-refractivity contribution in [2.45, 2.75) is 19.9 Å². The maximum atomic E-state index is 12.4. The van der Waals surface area contributed by atoms with Crippen LogP contribution < -0.4 is 10.6 Å². The summed E-state index contributed by atoms with van der Waals surface area (Å²) in [7, 11) is 0. The molecule has 1 aromatic carbocycles. The highest BCUT2D eigenvalue weighted by Gasteiger charge is 2.16. The number of carbonyl (C=O) groups excluding carboxylic acids is 1. The van der Waals surface area contributed by atoms with Crippen LogP contribution in [0.1, 0.15) is 35.8 Å². The van der Waals surface area contributed by atoms with E-state index in [2.05, 4.69) is 15.6 Å². The van der Waals surface area contributed by atoms with Crippen LogP contribution in [-0.4, -0.2) is 17.4 Å². The largest absolute Gasteiger partial charge is 0.385 e. The predicted molar refractivity (Wildman–Crippen MR) is 85.7 cm³/mol. The van der Waals surface area contributed by atoms with Crippen molar-refractivity contribution in [2.24, 2.45) is 0 Å². The summed E-state index contributed by atoms with van der Waals surface area (Å²) in [5, 5.41) is 6.75. The van der Waals surface area contributed by atoms with Crippen LogP contribution in [0.4, 0.5) is 5.69 Å². The third kappa shape index (κ3) is 3.73. The Hall–Kier alpha value is -2.07. The fourth-order valence-corrected chi connectivity index (χ4v) is 2.40. The van der Waals surface area contributed by atoms with Crippen LogP contribution in [0.5, 0.6) is 0 Å². The van der Waals surface area contributed by atoms with Crippen molar-refractivity contribution in [2.75, 3.05) is 11.9 Å². The van der Waals surface area contributed by atoms with Gasteiger partial charge in [-0.1, -0.05) is 29.8 Å². The molecule has 0 aliphatic heterocycles. The minimum Gasteiger partial charge on any atom is -0.385 e. The van der Waals surface area contributed by atoms with Crippen LogP contribution in [0.15, 0.2) is 42.7 Å². The number of benzene rings is 1. The Morgan fingerprint density at radius 2 is 2.10 bits per heavy atom. The monoisotopic (exact) mass is 303 g/mol. The fraction of sp³-hybridized carbons (Fsp3) is 0.250. The Morgan fingerprint density at radius 1 is 1.33 bits per heavy atom. The standard InChI is InChI=1S/C16H18ClN3O/c1-3-19-15-8-9-18-10-13(15)16(21)20-11(2)12-6-4-5-7-14(12)17/h4-11H,3H2,1-2H3,(H,18,19)(H,20,21). The second kappa shape index (κ2) is 7.09. The SMILES string of the molecule is CCNc1ccncc1C(=O)NC(C)c1ccccc1Cl. The van der Waals surface area contributed by atoms with Crippen LogP contribution >= 0.6 is 11.6 Å². The Kier molecular flexibility index (Phi) is 5.17. The minimum atomic E-state index is -0.180. The molecule has 0 aliphatic rings. The van der Waals surface area contributed by atoms with E-state index >= 15 is 0 Å². The average molecular weight is 304 g/mol. The number of halogens is 1. The van der Waals surface area contributed by atoms with Gasteiger partial charge in [0.15, 0.2) is 0 Å². The predicted octanol–water partition coefficient (Wildman–Crippen LogP) is 3.66. The van der Waals surface area contributed by atoms with E-state index in [1.165, 1.54) is 0 Å². The molecule has 21 heavy (non-hydrogen) atoms. The molecule has 1 atom stereocenters. The van der Waals surface area contributed by atoms with Crippen molar-refractivity contribution >= 4 is 23.2 Å². The van der Waals surface area contributed by atoms with E-state index in [1.807, 2.05) is 38.1 Å². The number of nitrogens with one attached hydrogen (secondary N) is 2. The second-order valence-electron chi connectivity index (χ2n) is 4.67. The molecule has 1 amide bonds. The summed E-state index contributed by atoms with van der Waals surface area (Å²) in [5.74, 6) is -0.175. The van der Waals surface area contributed by atoms with Gasteiger partial charge in [0, 0.05) is 24.0 Å². The van der Waals surface area contributed by atoms with Crippen molar-refractivity contribution in [3.8, 4) is 0 Å². The van der Waals surface area contributed by atoms with Gasteiger partial charge < -0.3 is 10.6 Å². The summed E-state index contributed by atoms with van der Waals surface area (Å²) in [6, 6.07) is 9.09. The smallest absolute Gasteiger partial charge is 0.255 e. The first-order chi connectivity index (χ1) is 10.1.